The molecule has 0 aliphatic rings. The number of nitro groups is 1. The molecule has 0 heterocycles. The molecule has 1 aromatic carbocycles. The van der Waals surface area contributed by atoms with Crippen molar-refractivity contribution in [3.05, 3.63) is 37.4 Å². The zero-order chi connectivity index (χ0) is 19.0. The van der Waals surface area contributed by atoms with Gasteiger partial charge in [0.1, 0.15) is 0 Å². The molecule has 8 heteroatoms. The van der Waals surface area contributed by atoms with Gasteiger partial charge in [-0.3, -0.25) is 19.8 Å². The maximum Gasteiger partial charge on any atom is 0.326 e. The number of hydrogen-bond donors (Lipinski definition) is 0. The number of carbonyl (C=O) groups is 2. The van der Waals surface area contributed by atoms with Crippen molar-refractivity contribution in [2.24, 2.45) is 0 Å². The lowest BCUT2D eigenvalue weighted by molar-refractivity contribution is -0.385. The quantitative estimate of drug-likeness (QED) is 0.329. The summed E-state index contributed by atoms with van der Waals surface area (Å²) < 4.78 is 0.450. The minimum absolute atomic E-state index is 0.130. The van der Waals surface area contributed by atoms with E-state index in [1.807, 2.05) is 43.4 Å². The molecule has 0 aliphatic heterocycles. The molecule has 25 heavy (non-hydrogen) atoms. The van der Waals surface area contributed by atoms with Gasteiger partial charge < -0.3 is 4.90 Å². The third-order valence-corrected chi connectivity index (χ3v) is 4.48. The van der Waals surface area contributed by atoms with Crippen LogP contribution in [0.2, 0.25) is 0 Å². The van der Waals surface area contributed by atoms with Gasteiger partial charge in [-0.1, -0.05) is 20.8 Å². The summed E-state index contributed by atoms with van der Waals surface area (Å²) in [5.41, 5.74) is 0.0242. The first-order valence-electron chi connectivity index (χ1n) is 8.41. The first kappa shape index (κ1) is 21.3. The Bertz CT molecular complexity index is 630. The normalized spacial score (nSPS) is 10.4. The number of imide groups is 1. The van der Waals surface area contributed by atoms with Crippen LogP contribution in [0.4, 0.5) is 10.5 Å². The van der Waals surface area contributed by atoms with Gasteiger partial charge in [0.2, 0.25) is 0 Å². The van der Waals surface area contributed by atoms with Crippen LogP contribution in [-0.2, 0) is 0 Å². The number of hydrogen-bond acceptors (Lipinski definition) is 4. The molecule has 1 aromatic rings. The largest absolute Gasteiger partial charge is 0.326 e. The molecular weight excluding hydrogens is 437 g/mol. The molecule has 138 valence electrons. The lowest BCUT2D eigenvalue weighted by Gasteiger charge is -2.29. The standard InChI is InChI=1S/C17H24IN3O4/c1-4-9-19(10-5-2)17(23)20(11-6-3)16(22)13-7-8-14(18)15(12-13)21(24)25/h7-8,12H,4-6,9-11H2,1-3H3. The summed E-state index contributed by atoms with van der Waals surface area (Å²) in [5, 5.41) is 11.1. The van der Waals surface area contributed by atoms with Crippen molar-refractivity contribution >= 4 is 40.2 Å². The lowest BCUT2D eigenvalue weighted by atomic mass is 10.1. The molecule has 0 bridgehead atoms. The van der Waals surface area contributed by atoms with Crippen LogP contribution in [0.1, 0.15) is 50.4 Å². The molecule has 3 amide bonds. The van der Waals surface area contributed by atoms with E-state index in [2.05, 4.69) is 0 Å². The van der Waals surface area contributed by atoms with Gasteiger partial charge in [-0.05, 0) is 54.0 Å². The second-order valence-electron chi connectivity index (χ2n) is 5.65. The third kappa shape index (κ3) is 5.65. The molecule has 0 fully saturated rings. The maximum atomic E-state index is 12.8. The highest BCUT2D eigenvalue weighted by atomic mass is 127. The van der Waals surface area contributed by atoms with Crippen molar-refractivity contribution in [1.29, 1.82) is 0 Å². The predicted molar refractivity (Wildman–Crippen MR) is 105 cm³/mol. The van der Waals surface area contributed by atoms with E-state index in [0.29, 0.717) is 23.1 Å². The molecule has 0 aromatic heterocycles. The van der Waals surface area contributed by atoms with E-state index < -0.39 is 10.8 Å². The Morgan fingerprint density at radius 1 is 1.08 bits per heavy atom. The van der Waals surface area contributed by atoms with Crippen LogP contribution in [0.15, 0.2) is 18.2 Å². The van der Waals surface area contributed by atoms with Crippen LogP contribution in [-0.4, -0.2) is 46.3 Å². The summed E-state index contributed by atoms with van der Waals surface area (Å²) in [6.07, 6.45) is 2.22. The molecule has 7 nitrogen and oxygen atoms in total. The Labute approximate surface area is 161 Å². The zero-order valence-corrected chi connectivity index (χ0v) is 17.0. The Kier molecular flexibility index (Phi) is 8.81. The van der Waals surface area contributed by atoms with Crippen LogP contribution in [0.3, 0.4) is 0 Å². The molecular formula is C17H24IN3O4. The number of amides is 3. The summed E-state index contributed by atoms with van der Waals surface area (Å²) in [5.74, 6) is -0.497. The van der Waals surface area contributed by atoms with E-state index in [1.54, 1.807) is 4.90 Å². The fourth-order valence-corrected chi connectivity index (χ4v) is 3.00. The second-order valence-corrected chi connectivity index (χ2v) is 6.81. The van der Waals surface area contributed by atoms with Crippen molar-refractivity contribution in [3.63, 3.8) is 0 Å². The molecule has 0 radical (unpaired) electrons. The average molecular weight is 461 g/mol. The fourth-order valence-electron chi connectivity index (χ4n) is 2.46. The maximum absolute atomic E-state index is 12.8. The molecule has 0 saturated heterocycles. The minimum atomic E-state index is -0.523. The van der Waals surface area contributed by atoms with Gasteiger partial charge >= 0.3 is 6.03 Å². The second kappa shape index (κ2) is 10.3. The topological polar surface area (TPSA) is 83.8 Å². The van der Waals surface area contributed by atoms with E-state index >= 15 is 0 Å². The van der Waals surface area contributed by atoms with Crippen molar-refractivity contribution in [2.45, 2.75) is 40.0 Å². The lowest BCUT2D eigenvalue weighted by Crippen LogP contribution is -2.47. The SMILES string of the molecule is CCCN(CCC)C(=O)N(CCC)C(=O)c1ccc(I)c([N+](=O)[O-])c1. The number of urea groups is 1. The van der Waals surface area contributed by atoms with Gasteiger partial charge in [0.15, 0.2) is 0 Å². The molecule has 0 N–H and O–H groups in total. The molecule has 0 saturated carbocycles. The summed E-state index contributed by atoms with van der Waals surface area (Å²) in [6.45, 7) is 7.27. The van der Waals surface area contributed by atoms with E-state index in [0.717, 1.165) is 12.8 Å². The van der Waals surface area contributed by atoms with E-state index in [-0.39, 0.29) is 23.8 Å². The van der Waals surface area contributed by atoms with E-state index in [9.17, 15) is 19.7 Å². The first-order chi connectivity index (χ1) is 11.9. The summed E-state index contributed by atoms with van der Waals surface area (Å²) >= 11 is 1.85. The number of benzene rings is 1. The van der Waals surface area contributed by atoms with Gasteiger partial charge in [0.25, 0.3) is 11.6 Å². The molecule has 0 unspecified atom stereocenters. The summed E-state index contributed by atoms with van der Waals surface area (Å²) in [7, 11) is 0. The smallest absolute Gasteiger partial charge is 0.324 e. The highest BCUT2D eigenvalue weighted by Gasteiger charge is 2.27. The van der Waals surface area contributed by atoms with E-state index in [1.165, 1.54) is 23.1 Å². The van der Waals surface area contributed by atoms with Crippen LogP contribution in [0.25, 0.3) is 0 Å². The van der Waals surface area contributed by atoms with Gasteiger partial charge in [-0.15, -0.1) is 0 Å². The first-order valence-corrected chi connectivity index (χ1v) is 9.49. The van der Waals surface area contributed by atoms with Crippen LogP contribution < -0.4 is 0 Å². The van der Waals surface area contributed by atoms with Crippen LogP contribution >= 0.6 is 22.6 Å². The van der Waals surface area contributed by atoms with E-state index in [4.69, 9.17) is 0 Å². The number of nitrogens with zero attached hydrogens (tertiary/aromatic N) is 3. The molecule has 0 aliphatic carbocycles. The van der Waals surface area contributed by atoms with Gasteiger partial charge in [-0.25, -0.2) is 4.79 Å². The van der Waals surface area contributed by atoms with Gasteiger partial charge in [0, 0.05) is 31.3 Å². The van der Waals surface area contributed by atoms with Crippen molar-refractivity contribution in [1.82, 2.24) is 9.80 Å². The van der Waals surface area contributed by atoms with Crippen molar-refractivity contribution in [2.75, 3.05) is 19.6 Å². The third-order valence-electron chi connectivity index (χ3n) is 3.57. The van der Waals surface area contributed by atoms with Gasteiger partial charge in [0.05, 0.1) is 8.49 Å². The highest BCUT2D eigenvalue weighted by molar-refractivity contribution is 14.1. The van der Waals surface area contributed by atoms with Crippen LogP contribution in [0.5, 0.6) is 0 Å². The zero-order valence-electron chi connectivity index (χ0n) is 14.8. The van der Waals surface area contributed by atoms with Crippen molar-refractivity contribution in [3.8, 4) is 0 Å². The Hall–Kier alpha value is -1.71. The number of carbonyl (C=O) groups excluding carboxylic acids is 2. The predicted octanol–water partition coefficient (Wildman–Crippen LogP) is 4.29. The number of rotatable bonds is 8. The molecule has 1 rings (SSSR count). The Morgan fingerprint density at radius 2 is 1.64 bits per heavy atom. The molecule has 0 spiro atoms. The summed E-state index contributed by atoms with van der Waals surface area (Å²) in [6, 6.07) is 3.95. The van der Waals surface area contributed by atoms with Gasteiger partial charge in [-0.2, -0.15) is 0 Å². The minimum Gasteiger partial charge on any atom is -0.324 e. The number of halogens is 1. The highest BCUT2D eigenvalue weighted by Crippen LogP contribution is 2.23. The fraction of sp³-hybridized carbons (Fsp3) is 0.529. The monoisotopic (exact) mass is 461 g/mol. The van der Waals surface area contributed by atoms with Crippen molar-refractivity contribution < 1.29 is 14.5 Å². The number of nitro benzene ring substituents is 1. The Balaban J connectivity index is 3.16. The Morgan fingerprint density at radius 3 is 2.12 bits per heavy atom. The molecule has 0 atom stereocenters. The average Bonchev–Trinajstić information content (AvgIpc) is 2.58. The summed E-state index contributed by atoms with van der Waals surface area (Å²) in [4.78, 5) is 39.1. The van der Waals surface area contributed by atoms with Crippen LogP contribution in [0, 0.1) is 13.7 Å².